The highest BCUT2D eigenvalue weighted by Gasteiger charge is 2.28. The van der Waals surface area contributed by atoms with Gasteiger partial charge in [-0.05, 0) is 49.3 Å². The fraction of sp³-hybridized carbons (Fsp3) is 0.462. The minimum absolute atomic E-state index is 0.0129. The Kier molecular flexibility index (Phi) is 7.45. The zero-order valence-electron chi connectivity index (χ0n) is 19.7. The van der Waals surface area contributed by atoms with Crippen LogP contribution in [0.25, 0.3) is 0 Å². The predicted molar refractivity (Wildman–Crippen MR) is 131 cm³/mol. The quantitative estimate of drug-likeness (QED) is 0.480. The van der Waals surface area contributed by atoms with Gasteiger partial charge in [0.15, 0.2) is 0 Å². The fourth-order valence-corrected chi connectivity index (χ4v) is 4.96. The van der Waals surface area contributed by atoms with Crippen LogP contribution in [0.1, 0.15) is 42.1 Å². The maximum Gasteiger partial charge on any atom is 0.293 e. The van der Waals surface area contributed by atoms with Crippen LogP contribution in [-0.2, 0) is 11.2 Å². The first-order valence-electron chi connectivity index (χ1n) is 12.0. The van der Waals surface area contributed by atoms with Crippen molar-refractivity contribution in [3.63, 3.8) is 0 Å². The number of benzene rings is 2. The summed E-state index contributed by atoms with van der Waals surface area (Å²) in [6, 6.07) is 15.2. The molecule has 2 amide bonds. The third-order valence-electron chi connectivity index (χ3n) is 7.07. The van der Waals surface area contributed by atoms with Crippen molar-refractivity contribution in [2.24, 2.45) is 5.92 Å². The number of nitrogens with zero attached hydrogens (tertiary/aromatic N) is 4. The second kappa shape index (κ2) is 10.7. The molecule has 8 heteroatoms. The summed E-state index contributed by atoms with van der Waals surface area (Å²) in [7, 11) is 0. The summed E-state index contributed by atoms with van der Waals surface area (Å²) in [4.78, 5) is 41.6. The molecule has 2 saturated heterocycles. The molecule has 4 rings (SSSR count). The van der Waals surface area contributed by atoms with Gasteiger partial charge in [-0.1, -0.05) is 30.3 Å². The second-order valence-corrected chi connectivity index (χ2v) is 9.21. The van der Waals surface area contributed by atoms with Gasteiger partial charge in [0.05, 0.1) is 4.92 Å². The highest BCUT2D eigenvalue weighted by atomic mass is 16.6. The number of nitro groups is 1. The van der Waals surface area contributed by atoms with Crippen LogP contribution in [0.5, 0.6) is 0 Å². The first-order valence-corrected chi connectivity index (χ1v) is 12.0. The predicted octanol–water partition coefficient (Wildman–Crippen LogP) is 3.75. The molecule has 2 aliphatic rings. The summed E-state index contributed by atoms with van der Waals surface area (Å²) in [6.45, 7) is 5.03. The minimum Gasteiger partial charge on any atom is -0.362 e. The van der Waals surface area contributed by atoms with E-state index >= 15 is 0 Å². The number of nitro benzene ring substituents is 1. The van der Waals surface area contributed by atoms with E-state index in [0.29, 0.717) is 56.4 Å². The average Bonchev–Trinajstić information content (AvgIpc) is 2.87. The maximum atomic E-state index is 13.1. The summed E-state index contributed by atoms with van der Waals surface area (Å²) in [5, 5.41) is 11.8. The van der Waals surface area contributed by atoms with E-state index in [-0.39, 0.29) is 17.5 Å². The van der Waals surface area contributed by atoms with Crippen LogP contribution >= 0.6 is 0 Å². The van der Waals surface area contributed by atoms with Crippen molar-refractivity contribution in [1.29, 1.82) is 0 Å². The molecule has 180 valence electrons. The average molecular weight is 465 g/mol. The molecule has 0 bridgehead atoms. The third-order valence-corrected chi connectivity index (χ3v) is 7.07. The Morgan fingerprint density at radius 1 is 0.941 bits per heavy atom. The minimum atomic E-state index is -0.417. The zero-order valence-corrected chi connectivity index (χ0v) is 19.7. The first-order chi connectivity index (χ1) is 16.4. The van der Waals surface area contributed by atoms with E-state index in [9.17, 15) is 19.7 Å². The molecule has 0 atom stereocenters. The van der Waals surface area contributed by atoms with Gasteiger partial charge in [-0.2, -0.15) is 0 Å². The summed E-state index contributed by atoms with van der Waals surface area (Å²) in [5.41, 5.74) is 2.15. The van der Waals surface area contributed by atoms with Crippen molar-refractivity contribution < 1.29 is 14.5 Å². The number of aryl methyl sites for hydroxylation is 1. The summed E-state index contributed by atoms with van der Waals surface area (Å²) < 4.78 is 0. The maximum absolute atomic E-state index is 13.1. The van der Waals surface area contributed by atoms with Crippen LogP contribution in [-0.4, -0.2) is 65.8 Å². The molecule has 0 radical (unpaired) electrons. The highest BCUT2D eigenvalue weighted by Crippen LogP contribution is 2.31. The van der Waals surface area contributed by atoms with Crippen LogP contribution in [0.4, 0.5) is 11.4 Å². The largest absolute Gasteiger partial charge is 0.362 e. The molecule has 0 aliphatic carbocycles. The van der Waals surface area contributed by atoms with Crippen LogP contribution in [0.3, 0.4) is 0 Å². The smallest absolute Gasteiger partial charge is 0.293 e. The molecule has 2 aromatic rings. The normalized spacial score (nSPS) is 17.0. The van der Waals surface area contributed by atoms with Gasteiger partial charge in [-0.25, -0.2) is 0 Å². The van der Waals surface area contributed by atoms with E-state index in [2.05, 4.69) is 24.3 Å². The highest BCUT2D eigenvalue weighted by molar-refractivity contribution is 5.96. The van der Waals surface area contributed by atoms with E-state index in [4.69, 9.17) is 0 Å². The van der Waals surface area contributed by atoms with Gasteiger partial charge in [0, 0.05) is 57.8 Å². The molecular formula is C26H32N4O4. The Hall–Kier alpha value is -3.42. The van der Waals surface area contributed by atoms with Gasteiger partial charge in [-0.3, -0.25) is 19.7 Å². The van der Waals surface area contributed by atoms with Crippen molar-refractivity contribution in [1.82, 2.24) is 9.80 Å². The van der Waals surface area contributed by atoms with Crippen molar-refractivity contribution in [2.75, 3.05) is 44.2 Å². The molecule has 2 aromatic carbocycles. The summed E-state index contributed by atoms with van der Waals surface area (Å²) >= 11 is 0. The lowest BCUT2D eigenvalue weighted by Gasteiger charge is -2.35. The molecule has 34 heavy (non-hydrogen) atoms. The number of carbonyl (C=O) groups is 2. The van der Waals surface area contributed by atoms with Crippen LogP contribution in [0.15, 0.2) is 48.5 Å². The van der Waals surface area contributed by atoms with Gasteiger partial charge in [0.1, 0.15) is 5.69 Å². The summed E-state index contributed by atoms with van der Waals surface area (Å²) in [5.74, 6) is 0.464. The molecule has 2 fully saturated rings. The topological polar surface area (TPSA) is 87.0 Å². The molecular weight excluding hydrogens is 432 g/mol. The van der Waals surface area contributed by atoms with Crippen LogP contribution in [0, 0.1) is 16.0 Å². The number of amides is 2. The number of rotatable bonds is 6. The number of carbonyl (C=O) groups excluding carboxylic acids is 2. The van der Waals surface area contributed by atoms with Crippen molar-refractivity contribution in [2.45, 2.75) is 32.6 Å². The van der Waals surface area contributed by atoms with E-state index in [0.717, 1.165) is 25.7 Å². The lowest BCUT2D eigenvalue weighted by atomic mass is 9.90. The molecule has 2 aliphatic heterocycles. The van der Waals surface area contributed by atoms with Gasteiger partial charge in [0.2, 0.25) is 5.91 Å². The number of likely N-dealkylation sites (tertiary alicyclic amines) is 1. The number of hydrogen-bond acceptors (Lipinski definition) is 5. The van der Waals surface area contributed by atoms with E-state index < -0.39 is 4.92 Å². The second-order valence-electron chi connectivity index (χ2n) is 9.21. The molecule has 0 saturated carbocycles. The Bertz CT molecular complexity index is 1030. The zero-order chi connectivity index (χ0) is 24.1. The number of anilines is 1. The Morgan fingerprint density at radius 2 is 1.62 bits per heavy atom. The van der Waals surface area contributed by atoms with Gasteiger partial charge in [-0.15, -0.1) is 0 Å². The van der Waals surface area contributed by atoms with Crippen molar-refractivity contribution >= 4 is 23.2 Å². The third kappa shape index (κ3) is 5.55. The first kappa shape index (κ1) is 23.7. The van der Waals surface area contributed by atoms with Gasteiger partial charge < -0.3 is 14.7 Å². The molecule has 0 N–H and O–H groups in total. The Balaban J connectivity index is 1.36. The van der Waals surface area contributed by atoms with E-state index in [1.807, 2.05) is 15.9 Å². The monoisotopic (exact) mass is 464 g/mol. The van der Waals surface area contributed by atoms with Crippen molar-refractivity contribution in [3.8, 4) is 0 Å². The number of piperidine rings is 1. The molecule has 8 nitrogen and oxygen atoms in total. The van der Waals surface area contributed by atoms with Gasteiger partial charge >= 0.3 is 0 Å². The number of piperazine rings is 1. The van der Waals surface area contributed by atoms with E-state index in [1.54, 1.807) is 17.0 Å². The molecule has 2 heterocycles. The van der Waals surface area contributed by atoms with Crippen LogP contribution in [0.2, 0.25) is 0 Å². The lowest BCUT2D eigenvalue weighted by Crippen LogP contribution is -2.48. The molecule has 0 spiro atoms. The SMILES string of the molecule is CC(=O)N1CCN(c2ccc(C(=O)N3CCC(CCc4ccccc4)CC3)cc2[N+](=O)[O-])CC1. The van der Waals surface area contributed by atoms with Crippen molar-refractivity contribution in [3.05, 3.63) is 69.8 Å². The summed E-state index contributed by atoms with van der Waals surface area (Å²) in [6.07, 6.45) is 4.08. The molecule has 0 unspecified atom stereocenters. The standard InChI is InChI=1S/C26H32N4O4/c1-20(31)27-15-17-28(18-16-27)24-10-9-23(19-25(24)30(33)34)26(32)29-13-11-22(12-14-29)8-7-21-5-3-2-4-6-21/h2-6,9-10,19,22H,7-8,11-18H2,1H3. The van der Waals surface area contributed by atoms with E-state index in [1.165, 1.54) is 18.6 Å². The lowest BCUT2D eigenvalue weighted by molar-refractivity contribution is -0.384. The Labute approximate surface area is 200 Å². The fourth-order valence-electron chi connectivity index (χ4n) is 4.96. The van der Waals surface area contributed by atoms with Crippen LogP contribution < -0.4 is 4.90 Å². The number of hydrogen-bond donors (Lipinski definition) is 0. The van der Waals surface area contributed by atoms with Gasteiger partial charge in [0.25, 0.3) is 11.6 Å². The molecule has 0 aromatic heterocycles. The Morgan fingerprint density at radius 3 is 2.24 bits per heavy atom.